The second kappa shape index (κ2) is 5.76. The van der Waals surface area contributed by atoms with Crippen LogP contribution in [0.3, 0.4) is 0 Å². The number of carbonyl (C=O) groups excluding carboxylic acids is 1. The van der Waals surface area contributed by atoms with Gasteiger partial charge >= 0.3 is 0 Å². The minimum atomic E-state index is 0.0637. The maximum absolute atomic E-state index is 12.4. The molecule has 6 heteroatoms. The Morgan fingerprint density at radius 3 is 3.10 bits per heavy atom. The summed E-state index contributed by atoms with van der Waals surface area (Å²) in [5, 5.41) is 10.2. The van der Waals surface area contributed by atoms with Gasteiger partial charge in [0.1, 0.15) is 0 Å². The molecule has 1 fully saturated rings. The third-order valence-electron chi connectivity index (χ3n) is 3.55. The fourth-order valence-corrected chi connectivity index (χ4v) is 3.58. The van der Waals surface area contributed by atoms with E-state index >= 15 is 0 Å². The van der Waals surface area contributed by atoms with Gasteiger partial charge in [-0.2, -0.15) is 5.10 Å². The smallest absolute Gasteiger partial charge is 0.264 e. The zero-order valence-corrected chi connectivity index (χ0v) is 12.2. The third-order valence-corrected chi connectivity index (χ3v) is 4.74. The lowest BCUT2D eigenvalue weighted by atomic mass is 10.2. The fraction of sp³-hybridized carbons (Fsp3) is 0.429. The fourth-order valence-electron chi connectivity index (χ4n) is 2.47. The Labute approximate surface area is 122 Å². The van der Waals surface area contributed by atoms with Crippen molar-refractivity contribution in [3.8, 4) is 0 Å². The number of thiophene rings is 1. The summed E-state index contributed by atoms with van der Waals surface area (Å²) in [5.74, 6) is 0.0637. The van der Waals surface area contributed by atoms with Crippen LogP contribution in [-0.2, 0) is 6.54 Å². The van der Waals surface area contributed by atoms with Gasteiger partial charge in [0.2, 0.25) is 0 Å². The average Bonchev–Trinajstić information content (AvgIpc) is 3.18. The molecule has 106 valence electrons. The van der Waals surface area contributed by atoms with Crippen molar-refractivity contribution in [2.75, 3.05) is 13.6 Å². The van der Waals surface area contributed by atoms with Crippen molar-refractivity contribution >= 4 is 17.2 Å². The highest BCUT2D eigenvalue weighted by atomic mass is 32.1. The summed E-state index contributed by atoms with van der Waals surface area (Å²) in [4.78, 5) is 16.2. The second-order valence-corrected chi connectivity index (χ2v) is 6.21. The number of carbonyl (C=O) groups is 1. The van der Waals surface area contributed by atoms with Gasteiger partial charge in [-0.15, -0.1) is 11.3 Å². The van der Waals surface area contributed by atoms with E-state index in [0.29, 0.717) is 12.6 Å². The van der Waals surface area contributed by atoms with Crippen molar-refractivity contribution in [3.05, 3.63) is 39.8 Å². The first-order valence-electron chi connectivity index (χ1n) is 6.81. The Bertz CT molecular complexity index is 572. The number of rotatable bonds is 4. The van der Waals surface area contributed by atoms with E-state index in [-0.39, 0.29) is 5.91 Å². The molecule has 1 aliphatic rings. The minimum absolute atomic E-state index is 0.0637. The van der Waals surface area contributed by atoms with Crippen molar-refractivity contribution < 1.29 is 4.79 Å². The molecular formula is C14H18N4OS. The van der Waals surface area contributed by atoms with Gasteiger partial charge in [-0.25, -0.2) is 0 Å². The summed E-state index contributed by atoms with van der Waals surface area (Å²) in [6.45, 7) is 1.62. The number of aromatic amines is 1. The number of aromatic nitrogens is 2. The number of amides is 1. The van der Waals surface area contributed by atoms with E-state index < -0.39 is 0 Å². The molecule has 2 N–H and O–H groups in total. The highest BCUT2D eigenvalue weighted by Crippen LogP contribution is 2.29. The quantitative estimate of drug-likeness (QED) is 0.907. The Kier molecular flexibility index (Phi) is 3.84. The molecule has 1 amide bonds. The summed E-state index contributed by atoms with van der Waals surface area (Å²) >= 11 is 1.60. The van der Waals surface area contributed by atoms with Crippen molar-refractivity contribution in [1.29, 1.82) is 0 Å². The number of hydrogen-bond acceptors (Lipinski definition) is 4. The molecule has 0 aliphatic carbocycles. The standard InChI is InChI=1S/C14H18N4OS/c1-18(9-10-6-8-16-17-10)14(19)13-5-4-12(20-13)11-3-2-7-15-11/h4-6,8,11,15H,2-3,7,9H2,1H3,(H,16,17). The van der Waals surface area contributed by atoms with E-state index in [1.165, 1.54) is 11.3 Å². The maximum atomic E-state index is 12.4. The Morgan fingerprint density at radius 2 is 2.40 bits per heavy atom. The molecule has 0 radical (unpaired) electrons. The van der Waals surface area contributed by atoms with Gasteiger partial charge in [-0.3, -0.25) is 9.89 Å². The molecule has 0 saturated carbocycles. The van der Waals surface area contributed by atoms with Gasteiger partial charge in [0.15, 0.2) is 0 Å². The van der Waals surface area contributed by atoms with Crippen LogP contribution in [0.4, 0.5) is 0 Å². The molecule has 20 heavy (non-hydrogen) atoms. The summed E-state index contributed by atoms with van der Waals surface area (Å²) in [6.07, 6.45) is 4.08. The molecule has 0 spiro atoms. The van der Waals surface area contributed by atoms with Crippen LogP contribution in [0.25, 0.3) is 0 Å². The Balaban J connectivity index is 1.67. The molecule has 1 atom stereocenters. The maximum Gasteiger partial charge on any atom is 0.264 e. The summed E-state index contributed by atoms with van der Waals surface area (Å²) in [7, 11) is 1.82. The van der Waals surface area contributed by atoms with Gasteiger partial charge < -0.3 is 10.2 Å². The van der Waals surface area contributed by atoms with Crippen molar-refractivity contribution in [1.82, 2.24) is 20.4 Å². The Hall–Kier alpha value is -1.66. The molecule has 2 aromatic heterocycles. The lowest BCUT2D eigenvalue weighted by Gasteiger charge is -2.15. The highest BCUT2D eigenvalue weighted by molar-refractivity contribution is 7.14. The van der Waals surface area contributed by atoms with E-state index in [2.05, 4.69) is 21.6 Å². The van der Waals surface area contributed by atoms with E-state index in [1.54, 1.807) is 22.4 Å². The molecule has 1 unspecified atom stereocenters. The van der Waals surface area contributed by atoms with Crippen LogP contribution in [0.5, 0.6) is 0 Å². The topological polar surface area (TPSA) is 61.0 Å². The predicted molar refractivity (Wildman–Crippen MR) is 78.7 cm³/mol. The first-order chi connectivity index (χ1) is 9.74. The number of nitrogens with one attached hydrogen (secondary N) is 2. The van der Waals surface area contributed by atoms with E-state index in [0.717, 1.165) is 23.5 Å². The van der Waals surface area contributed by atoms with E-state index in [4.69, 9.17) is 0 Å². The molecule has 5 nitrogen and oxygen atoms in total. The van der Waals surface area contributed by atoms with Crippen molar-refractivity contribution in [2.24, 2.45) is 0 Å². The highest BCUT2D eigenvalue weighted by Gasteiger charge is 2.21. The second-order valence-electron chi connectivity index (χ2n) is 5.09. The van der Waals surface area contributed by atoms with Crippen LogP contribution in [0, 0.1) is 0 Å². The van der Waals surface area contributed by atoms with Crippen molar-refractivity contribution in [3.63, 3.8) is 0 Å². The molecular weight excluding hydrogens is 272 g/mol. The molecule has 0 aromatic carbocycles. The van der Waals surface area contributed by atoms with Crippen LogP contribution in [-0.4, -0.2) is 34.6 Å². The lowest BCUT2D eigenvalue weighted by Crippen LogP contribution is -2.25. The first-order valence-corrected chi connectivity index (χ1v) is 7.62. The molecule has 3 rings (SSSR count). The average molecular weight is 290 g/mol. The normalized spacial score (nSPS) is 18.4. The van der Waals surface area contributed by atoms with Crippen LogP contribution in [0.1, 0.15) is 39.1 Å². The molecule has 3 heterocycles. The van der Waals surface area contributed by atoms with Crippen LogP contribution in [0.2, 0.25) is 0 Å². The Morgan fingerprint density at radius 1 is 1.50 bits per heavy atom. The van der Waals surface area contributed by atoms with Crippen molar-refractivity contribution in [2.45, 2.75) is 25.4 Å². The van der Waals surface area contributed by atoms with Gasteiger partial charge in [-0.05, 0) is 37.6 Å². The summed E-state index contributed by atoms with van der Waals surface area (Å²) < 4.78 is 0. The summed E-state index contributed by atoms with van der Waals surface area (Å²) in [6, 6.07) is 6.32. The SMILES string of the molecule is CN(Cc1ccn[nH]1)C(=O)c1ccc(C2CCCN2)s1. The monoisotopic (exact) mass is 290 g/mol. The number of hydrogen-bond donors (Lipinski definition) is 2. The van der Waals surface area contributed by atoms with Gasteiger partial charge in [0, 0.05) is 24.2 Å². The number of H-pyrrole nitrogens is 1. The van der Waals surface area contributed by atoms with Crippen LogP contribution in [0.15, 0.2) is 24.4 Å². The predicted octanol–water partition coefficient (Wildman–Crippen LogP) is 2.17. The van der Waals surface area contributed by atoms with Crippen LogP contribution >= 0.6 is 11.3 Å². The third kappa shape index (κ3) is 2.76. The molecule has 2 aromatic rings. The van der Waals surface area contributed by atoms with E-state index in [9.17, 15) is 4.79 Å². The van der Waals surface area contributed by atoms with E-state index in [1.807, 2.05) is 19.2 Å². The number of nitrogens with zero attached hydrogens (tertiary/aromatic N) is 2. The largest absolute Gasteiger partial charge is 0.335 e. The first kappa shape index (κ1) is 13.3. The van der Waals surface area contributed by atoms with Gasteiger partial charge in [0.05, 0.1) is 17.1 Å². The lowest BCUT2D eigenvalue weighted by molar-refractivity contribution is 0.0788. The zero-order chi connectivity index (χ0) is 13.9. The molecule has 1 saturated heterocycles. The zero-order valence-electron chi connectivity index (χ0n) is 11.4. The molecule has 0 bridgehead atoms. The molecule has 1 aliphatic heterocycles. The van der Waals surface area contributed by atoms with Crippen LogP contribution < -0.4 is 5.32 Å². The van der Waals surface area contributed by atoms with Gasteiger partial charge in [0.25, 0.3) is 5.91 Å². The van der Waals surface area contributed by atoms with Gasteiger partial charge in [-0.1, -0.05) is 0 Å². The summed E-state index contributed by atoms with van der Waals surface area (Å²) in [5.41, 5.74) is 0.940. The minimum Gasteiger partial charge on any atom is -0.335 e.